The lowest BCUT2D eigenvalue weighted by molar-refractivity contribution is -0.235. The van der Waals surface area contributed by atoms with E-state index in [0.29, 0.717) is 0 Å². The predicted molar refractivity (Wildman–Crippen MR) is 49.2 cm³/mol. The molecule has 4 N–H and O–H groups in total. The highest BCUT2D eigenvalue weighted by atomic mass is 16.6. The monoisotopic (exact) mass is 220 g/mol. The van der Waals surface area contributed by atoms with Gasteiger partial charge in [0.05, 0.1) is 6.10 Å². The van der Waals surface area contributed by atoms with Gasteiger partial charge >= 0.3 is 5.97 Å². The van der Waals surface area contributed by atoms with Crippen LogP contribution in [0.2, 0.25) is 0 Å². The molecule has 0 aliphatic carbocycles. The Kier molecular flexibility index (Phi) is 3.67. The van der Waals surface area contributed by atoms with E-state index in [-0.39, 0.29) is 5.92 Å². The Labute approximate surface area is 87.1 Å². The van der Waals surface area contributed by atoms with E-state index in [1.165, 1.54) is 0 Å². The molecule has 88 valence electrons. The summed E-state index contributed by atoms with van der Waals surface area (Å²) in [6.07, 6.45) is -6.64. The van der Waals surface area contributed by atoms with E-state index in [1.54, 1.807) is 13.8 Å². The Morgan fingerprint density at radius 3 is 2.07 bits per heavy atom. The molecule has 1 fully saturated rings. The van der Waals surface area contributed by atoms with E-state index < -0.39 is 36.5 Å². The van der Waals surface area contributed by atoms with Gasteiger partial charge in [0.25, 0.3) is 0 Å². The smallest absolute Gasteiger partial charge is 0.335 e. The first-order valence-electron chi connectivity index (χ1n) is 4.78. The summed E-state index contributed by atoms with van der Waals surface area (Å²) in [5.41, 5.74) is 0. The Bertz CT molecular complexity index is 241. The summed E-state index contributed by atoms with van der Waals surface area (Å²) < 4.78 is 5.04. The Balaban J connectivity index is 2.85. The number of carbonyl (C=O) groups is 1. The number of ether oxygens (including phenoxy) is 1. The molecule has 0 amide bonds. The zero-order valence-corrected chi connectivity index (χ0v) is 8.57. The highest BCUT2D eigenvalue weighted by Gasteiger charge is 2.47. The first kappa shape index (κ1) is 12.4. The van der Waals surface area contributed by atoms with E-state index in [0.717, 1.165) is 0 Å². The summed E-state index contributed by atoms with van der Waals surface area (Å²) in [6.45, 7) is 3.47. The lowest BCUT2D eigenvalue weighted by Gasteiger charge is -2.40. The third-order valence-electron chi connectivity index (χ3n) is 2.55. The molecule has 1 heterocycles. The fraction of sp³-hybridized carbons (Fsp3) is 0.889. The van der Waals surface area contributed by atoms with Crippen molar-refractivity contribution in [2.75, 3.05) is 0 Å². The van der Waals surface area contributed by atoms with E-state index in [1.807, 2.05) is 0 Å². The maximum absolute atomic E-state index is 10.7. The minimum absolute atomic E-state index is 0.149. The first-order valence-corrected chi connectivity index (χ1v) is 4.78. The van der Waals surface area contributed by atoms with Crippen LogP contribution in [0.1, 0.15) is 13.8 Å². The molecule has 0 aromatic rings. The summed E-state index contributed by atoms with van der Waals surface area (Å²) in [5.74, 6) is -1.50. The molecule has 5 atom stereocenters. The van der Waals surface area contributed by atoms with Crippen LogP contribution in [-0.4, -0.2) is 56.9 Å². The van der Waals surface area contributed by atoms with Crippen LogP contribution in [0.3, 0.4) is 0 Å². The molecule has 15 heavy (non-hydrogen) atoms. The van der Waals surface area contributed by atoms with Crippen LogP contribution < -0.4 is 0 Å². The molecule has 1 saturated heterocycles. The van der Waals surface area contributed by atoms with Crippen LogP contribution in [-0.2, 0) is 9.53 Å². The molecular weight excluding hydrogens is 204 g/mol. The fourth-order valence-corrected chi connectivity index (χ4v) is 1.66. The molecule has 1 rings (SSSR count). The predicted octanol–water partition coefficient (Wildman–Crippen LogP) is -1.42. The number of aliphatic hydroxyl groups is 3. The quantitative estimate of drug-likeness (QED) is 0.455. The van der Waals surface area contributed by atoms with Crippen molar-refractivity contribution in [2.45, 2.75) is 44.4 Å². The molecule has 0 aromatic carbocycles. The SMILES string of the molecule is CC(C)[C@@H]1OC(C(=O)O)[C@@H](O)[C@H](O)[C@H]1O. The summed E-state index contributed by atoms with van der Waals surface area (Å²) in [4.78, 5) is 10.7. The first-order chi connectivity index (χ1) is 6.86. The molecule has 0 saturated carbocycles. The van der Waals surface area contributed by atoms with Crippen LogP contribution in [0.25, 0.3) is 0 Å². The van der Waals surface area contributed by atoms with Crippen LogP contribution in [0, 0.1) is 5.92 Å². The lowest BCUT2D eigenvalue weighted by atomic mass is 9.89. The van der Waals surface area contributed by atoms with Crippen LogP contribution in [0.5, 0.6) is 0 Å². The second kappa shape index (κ2) is 4.44. The summed E-state index contributed by atoms with van der Waals surface area (Å²) in [7, 11) is 0. The van der Waals surface area contributed by atoms with Crippen molar-refractivity contribution in [1.29, 1.82) is 0 Å². The van der Waals surface area contributed by atoms with Crippen LogP contribution in [0.15, 0.2) is 0 Å². The number of aliphatic carboxylic acids is 1. The third kappa shape index (κ3) is 2.28. The van der Waals surface area contributed by atoms with Gasteiger partial charge in [-0.2, -0.15) is 0 Å². The van der Waals surface area contributed by atoms with Gasteiger partial charge in [0.1, 0.15) is 18.3 Å². The third-order valence-corrected chi connectivity index (χ3v) is 2.55. The van der Waals surface area contributed by atoms with Crippen molar-refractivity contribution in [1.82, 2.24) is 0 Å². The molecule has 1 aliphatic rings. The molecule has 6 nitrogen and oxygen atoms in total. The van der Waals surface area contributed by atoms with Gasteiger partial charge in [0.15, 0.2) is 6.10 Å². The van der Waals surface area contributed by atoms with Gasteiger partial charge in [-0.05, 0) is 5.92 Å². The maximum atomic E-state index is 10.7. The maximum Gasteiger partial charge on any atom is 0.335 e. The highest BCUT2D eigenvalue weighted by Crippen LogP contribution is 2.25. The average Bonchev–Trinajstić information content (AvgIpc) is 2.13. The van der Waals surface area contributed by atoms with Gasteiger partial charge in [-0.1, -0.05) is 13.8 Å². The topological polar surface area (TPSA) is 107 Å². The number of carboxylic acids is 1. The van der Waals surface area contributed by atoms with Crippen molar-refractivity contribution in [3.05, 3.63) is 0 Å². The zero-order chi connectivity index (χ0) is 11.7. The summed E-state index contributed by atoms with van der Waals surface area (Å²) >= 11 is 0. The highest BCUT2D eigenvalue weighted by molar-refractivity contribution is 5.73. The lowest BCUT2D eigenvalue weighted by Crippen LogP contribution is -2.60. The Morgan fingerprint density at radius 1 is 1.13 bits per heavy atom. The largest absolute Gasteiger partial charge is 0.479 e. The summed E-state index contributed by atoms with van der Waals surface area (Å²) in [5, 5.41) is 37.1. The zero-order valence-electron chi connectivity index (χ0n) is 8.57. The van der Waals surface area contributed by atoms with Crippen molar-refractivity contribution in [3.63, 3.8) is 0 Å². The van der Waals surface area contributed by atoms with Gasteiger partial charge in [-0.15, -0.1) is 0 Å². The second-order valence-electron chi connectivity index (χ2n) is 4.08. The number of hydrogen-bond acceptors (Lipinski definition) is 5. The Morgan fingerprint density at radius 2 is 1.67 bits per heavy atom. The number of aliphatic hydroxyl groups excluding tert-OH is 3. The minimum Gasteiger partial charge on any atom is -0.479 e. The summed E-state index contributed by atoms with van der Waals surface area (Å²) in [6, 6.07) is 0. The van der Waals surface area contributed by atoms with Gasteiger partial charge in [0.2, 0.25) is 0 Å². The van der Waals surface area contributed by atoms with Crippen LogP contribution in [0.4, 0.5) is 0 Å². The number of rotatable bonds is 2. The molecule has 6 heteroatoms. The van der Waals surface area contributed by atoms with E-state index in [4.69, 9.17) is 9.84 Å². The molecular formula is C9H16O6. The van der Waals surface area contributed by atoms with Crippen molar-refractivity contribution < 1.29 is 30.0 Å². The second-order valence-corrected chi connectivity index (χ2v) is 4.08. The number of carboxylic acid groups (broad SMARTS) is 1. The van der Waals surface area contributed by atoms with E-state index in [9.17, 15) is 20.1 Å². The van der Waals surface area contributed by atoms with Gasteiger partial charge in [-0.3, -0.25) is 0 Å². The fourth-order valence-electron chi connectivity index (χ4n) is 1.66. The molecule has 0 bridgehead atoms. The molecule has 1 aliphatic heterocycles. The average molecular weight is 220 g/mol. The molecule has 1 unspecified atom stereocenters. The van der Waals surface area contributed by atoms with Crippen LogP contribution >= 0.6 is 0 Å². The Hall–Kier alpha value is -0.690. The molecule has 0 radical (unpaired) electrons. The van der Waals surface area contributed by atoms with Crippen molar-refractivity contribution >= 4 is 5.97 Å². The van der Waals surface area contributed by atoms with Gasteiger partial charge in [-0.25, -0.2) is 4.79 Å². The number of hydrogen-bond donors (Lipinski definition) is 4. The van der Waals surface area contributed by atoms with E-state index >= 15 is 0 Å². The normalized spacial score (nSPS) is 41.9. The molecule has 0 aromatic heterocycles. The standard InChI is InChI=1S/C9H16O6/c1-3(2)7-5(11)4(10)6(12)8(15-7)9(13)14/h3-8,10-12H,1-2H3,(H,13,14)/t4-,5-,6+,7+,8?/m1/s1. The van der Waals surface area contributed by atoms with Gasteiger partial charge < -0.3 is 25.2 Å². The van der Waals surface area contributed by atoms with Crippen molar-refractivity contribution in [3.8, 4) is 0 Å². The van der Waals surface area contributed by atoms with Crippen molar-refractivity contribution in [2.24, 2.45) is 5.92 Å². The molecule has 0 spiro atoms. The van der Waals surface area contributed by atoms with E-state index in [2.05, 4.69) is 0 Å². The minimum atomic E-state index is -1.60. The van der Waals surface area contributed by atoms with Gasteiger partial charge in [0, 0.05) is 0 Å².